The van der Waals surface area contributed by atoms with Gasteiger partial charge < -0.3 is 19.5 Å². The van der Waals surface area contributed by atoms with Crippen LogP contribution in [0.5, 0.6) is 5.75 Å². The van der Waals surface area contributed by atoms with Crippen molar-refractivity contribution in [2.24, 2.45) is 0 Å². The van der Waals surface area contributed by atoms with Gasteiger partial charge in [0.05, 0.1) is 19.3 Å². The molecule has 5 nitrogen and oxygen atoms in total. The van der Waals surface area contributed by atoms with Crippen LogP contribution in [0.4, 0.5) is 0 Å². The van der Waals surface area contributed by atoms with Crippen LogP contribution in [0.2, 0.25) is 0 Å². The first-order valence-corrected chi connectivity index (χ1v) is 7.39. The largest absolute Gasteiger partial charge is 0.494 e. The number of ether oxygens (including phenoxy) is 3. The highest BCUT2D eigenvalue weighted by atomic mass is 16.5. The monoisotopic (exact) mass is 293 g/mol. The number of hydrogen-bond acceptors (Lipinski definition) is 4. The Hall–Kier alpha value is -1.59. The van der Waals surface area contributed by atoms with Gasteiger partial charge in [0.1, 0.15) is 5.75 Å². The van der Waals surface area contributed by atoms with E-state index >= 15 is 0 Å². The zero-order valence-electron chi connectivity index (χ0n) is 12.7. The average molecular weight is 293 g/mol. The maximum absolute atomic E-state index is 12.2. The number of carbonyl (C=O) groups excluding carboxylic acids is 1. The third kappa shape index (κ3) is 4.44. The van der Waals surface area contributed by atoms with Crippen molar-refractivity contribution in [2.75, 3.05) is 26.9 Å². The van der Waals surface area contributed by atoms with Crippen LogP contribution in [0.1, 0.15) is 35.7 Å². The molecule has 1 amide bonds. The van der Waals surface area contributed by atoms with Crippen molar-refractivity contribution in [3.63, 3.8) is 0 Å². The van der Waals surface area contributed by atoms with Crippen LogP contribution in [0, 0.1) is 0 Å². The van der Waals surface area contributed by atoms with Crippen LogP contribution in [-0.2, 0) is 16.1 Å². The van der Waals surface area contributed by atoms with Crippen LogP contribution >= 0.6 is 0 Å². The Balaban J connectivity index is 2.00. The lowest BCUT2D eigenvalue weighted by molar-refractivity contribution is 0.0857. The highest BCUT2D eigenvalue weighted by Gasteiger charge is 2.17. The molecule has 0 saturated carbocycles. The number of nitrogens with one attached hydrogen (secondary N) is 1. The van der Waals surface area contributed by atoms with Crippen molar-refractivity contribution in [1.29, 1.82) is 0 Å². The number of carbonyl (C=O) groups is 1. The van der Waals surface area contributed by atoms with Crippen LogP contribution < -0.4 is 10.1 Å². The van der Waals surface area contributed by atoms with Gasteiger partial charge in [-0.25, -0.2) is 0 Å². The van der Waals surface area contributed by atoms with Gasteiger partial charge in [0.2, 0.25) is 0 Å². The molecule has 116 valence electrons. The summed E-state index contributed by atoms with van der Waals surface area (Å²) in [7, 11) is 1.62. The molecule has 1 aliphatic rings. The minimum Gasteiger partial charge on any atom is -0.494 e. The summed E-state index contributed by atoms with van der Waals surface area (Å²) in [6, 6.07) is 5.41. The molecule has 1 saturated heterocycles. The predicted octanol–water partition coefficient (Wildman–Crippen LogP) is 2.14. The number of benzene rings is 1. The Morgan fingerprint density at radius 1 is 1.48 bits per heavy atom. The van der Waals surface area contributed by atoms with Gasteiger partial charge in [0.15, 0.2) is 0 Å². The summed E-state index contributed by atoms with van der Waals surface area (Å²) in [5, 5.41) is 2.92. The molecule has 1 atom stereocenters. The van der Waals surface area contributed by atoms with E-state index in [0.29, 0.717) is 25.3 Å². The van der Waals surface area contributed by atoms with Gasteiger partial charge in [0, 0.05) is 31.4 Å². The molecule has 5 heteroatoms. The van der Waals surface area contributed by atoms with Crippen molar-refractivity contribution >= 4 is 5.91 Å². The van der Waals surface area contributed by atoms with E-state index < -0.39 is 0 Å². The summed E-state index contributed by atoms with van der Waals surface area (Å²) in [5.74, 6) is 0.668. The molecule has 21 heavy (non-hydrogen) atoms. The highest BCUT2D eigenvalue weighted by molar-refractivity contribution is 5.94. The quantitative estimate of drug-likeness (QED) is 0.837. The zero-order valence-corrected chi connectivity index (χ0v) is 12.7. The Kier molecular flexibility index (Phi) is 6.02. The van der Waals surface area contributed by atoms with E-state index in [0.717, 1.165) is 30.8 Å². The van der Waals surface area contributed by atoms with E-state index in [-0.39, 0.29) is 12.0 Å². The third-order valence-corrected chi connectivity index (χ3v) is 3.44. The van der Waals surface area contributed by atoms with E-state index in [2.05, 4.69) is 5.32 Å². The van der Waals surface area contributed by atoms with E-state index in [1.807, 2.05) is 19.1 Å². The van der Waals surface area contributed by atoms with Crippen LogP contribution in [0.25, 0.3) is 0 Å². The second-order valence-electron chi connectivity index (χ2n) is 5.03. The summed E-state index contributed by atoms with van der Waals surface area (Å²) in [4.78, 5) is 12.2. The second kappa shape index (κ2) is 8.00. The van der Waals surface area contributed by atoms with Crippen molar-refractivity contribution in [3.8, 4) is 5.75 Å². The molecule has 2 rings (SSSR count). The maximum atomic E-state index is 12.2. The minimum atomic E-state index is -0.0918. The van der Waals surface area contributed by atoms with Gasteiger partial charge >= 0.3 is 0 Å². The standard InChI is InChI=1S/C16H23NO4/c1-3-20-15-7-6-12(9-13(15)11-19-2)16(18)17-10-14-5-4-8-21-14/h6-7,9,14H,3-5,8,10-11H2,1-2H3,(H,17,18)/t14-/m1/s1. The van der Waals surface area contributed by atoms with Crippen LogP contribution in [0.15, 0.2) is 18.2 Å². The van der Waals surface area contributed by atoms with Gasteiger partial charge in [-0.2, -0.15) is 0 Å². The summed E-state index contributed by atoms with van der Waals surface area (Å²) in [6.45, 7) is 4.29. The van der Waals surface area contributed by atoms with E-state index in [9.17, 15) is 4.79 Å². The lowest BCUT2D eigenvalue weighted by atomic mass is 10.1. The molecule has 1 aromatic rings. The molecule has 0 radical (unpaired) electrons. The zero-order chi connectivity index (χ0) is 15.1. The summed E-state index contributed by atoms with van der Waals surface area (Å²) >= 11 is 0. The number of amides is 1. The first kappa shape index (κ1) is 15.8. The SMILES string of the molecule is CCOc1ccc(C(=O)NC[C@H]2CCCO2)cc1COC. The molecule has 1 aliphatic heterocycles. The smallest absolute Gasteiger partial charge is 0.251 e. The van der Waals surface area contributed by atoms with Gasteiger partial charge in [0.25, 0.3) is 5.91 Å². The average Bonchev–Trinajstić information content (AvgIpc) is 3.00. The Labute approximate surface area is 125 Å². The fourth-order valence-corrected chi connectivity index (χ4v) is 2.40. The first-order valence-electron chi connectivity index (χ1n) is 7.39. The molecule has 0 spiro atoms. The van der Waals surface area contributed by atoms with Crippen molar-refractivity contribution in [1.82, 2.24) is 5.32 Å². The molecule has 1 fully saturated rings. The lowest BCUT2D eigenvalue weighted by Crippen LogP contribution is -2.31. The topological polar surface area (TPSA) is 56.8 Å². The highest BCUT2D eigenvalue weighted by Crippen LogP contribution is 2.21. The predicted molar refractivity (Wildman–Crippen MR) is 79.6 cm³/mol. The Morgan fingerprint density at radius 2 is 2.33 bits per heavy atom. The number of hydrogen-bond donors (Lipinski definition) is 1. The third-order valence-electron chi connectivity index (χ3n) is 3.44. The van der Waals surface area contributed by atoms with E-state index in [1.165, 1.54) is 0 Å². The van der Waals surface area contributed by atoms with Crippen LogP contribution in [-0.4, -0.2) is 38.9 Å². The van der Waals surface area contributed by atoms with Crippen molar-refractivity contribution < 1.29 is 19.0 Å². The molecule has 1 aromatic carbocycles. The lowest BCUT2D eigenvalue weighted by Gasteiger charge is -2.13. The molecular formula is C16H23NO4. The second-order valence-corrected chi connectivity index (χ2v) is 5.03. The van der Waals surface area contributed by atoms with Crippen LogP contribution in [0.3, 0.4) is 0 Å². The minimum absolute atomic E-state index is 0.0918. The Bertz CT molecular complexity index is 469. The van der Waals surface area contributed by atoms with Crippen molar-refractivity contribution in [3.05, 3.63) is 29.3 Å². The number of rotatable bonds is 7. The summed E-state index contributed by atoms with van der Waals surface area (Å²) in [5.41, 5.74) is 1.49. The fraction of sp³-hybridized carbons (Fsp3) is 0.562. The summed E-state index contributed by atoms with van der Waals surface area (Å²) < 4.78 is 16.2. The van der Waals surface area contributed by atoms with Gasteiger partial charge in [-0.1, -0.05) is 0 Å². The number of methoxy groups -OCH3 is 1. The van der Waals surface area contributed by atoms with Gasteiger partial charge in [-0.05, 0) is 38.0 Å². The molecule has 0 bridgehead atoms. The molecular weight excluding hydrogens is 270 g/mol. The molecule has 1 heterocycles. The van der Waals surface area contributed by atoms with Gasteiger partial charge in [-0.3, -0.25) is 4.79 Å². The van der Waals surface area contributed by atoms with Crippen molar-refractivity contribution in [2.45, 2.75) is 32.5 Å². The maximum Gasteiger partial charge on any atom is 0.251 e. The molecule has 1 N–H and O–H groups in total. The molecule has 0 unspecified atom stereocenters. The van der Waals surface area contributed by atoms with E-state index in [1.54, 1.807) is 13.2 Å². The van der Waals surface area contributed by atoms with Gasteiger partial charge in [-0.15, -0.1) is 0 Å². The Morgan fingerprint density at radius 3 is 3.00 bits per heavy atom. The molecule has 0 aromatic heterocycles. The first-order chi connectivity index (χ1) is 10.2. The summed E-state index contributed by atoms with van der Waals surface area (Å²) in [6.07, 6.45) is 2.23. The van der Waals surface area contributed by atoms with E-state index in [4.69, 9.17) is 14.2 Å². The molecule has 0 aliphatic carbocycles. The normalized spacial score (nSPS) is 17.7. The fourth-order valence-electron chi connectivity index (χ4n) is 2.40.